The van der Waals surface area contributed by atoms with Crippen LogP contribution >= 0.6 is 11.6 Å². The van der Waals surface area contributed by atoms with E-state index < -0.39 is 29.7 Å². The van der Waals surface area contributed by atoms with E-state index in [1.165, 1.54) is 48.4 Å². The lowest BCUT2D eigenvalue weighted by atomic mass is 10.1. The van der Waals surface area contributed by atoms with Crippen molar-refractivity contribution in [3.8, 4) is 5.75 Å². The molecule has 174 valence electrons. The lowest BCUT2D eigenvalue weighted by Crippen LogP contribution is -2.46. The minimum atomic E-state index is -0.988. The molecule has 0 N–H and O–H groups in total. The molecule has 1 unspecified atom stereocenters. The first kappa shape index (κ1) is 23.3. The third-order valence-electron chi connectivity index (χ3n) is 5.38. The Morgan fingerprint density at radius 3 is 2.53 bits per heavy atom. The third kappa shape index (κ3) is 5.02. The van der Waals surface area contributed by atoms with Gasteiger partial charge in [0, 0.05) is 18.5 Å². The predicted molar refractivity (Wildman–Crippen MR) is 124 cm³/mol. The van der Waals surface area contributed by atoms with E-state index in [1.54, 1.807) is 18.2 Å². The molecule has 1 saturated heterocycles. The van der Waals surface area contributed by atoms with E-state index in [0.29, 0.717) is 22.9 Å². The lowest BCUT2D eigenvalue weighted by molar-refractivity contribution is -0.132. The van der Waals surface area contributed by atoms with Crippen LogP contribution in [0.3, 0.4) is 0 Å². The van der Waals surface area contributed by atoms with Gasteiger partial charge < -0.3 is 14.1 Å². The molecule has 1 aliphatic heterocycles. The van der Waals surface area contributed by atoms with Gasteiger partial charge in [0.05, 0.1) is 18.4 Å². The zero-order valence-electron chi connectivity index (χ0n) is 18.3. The number of carbonyl (C=O) groups is 4. The predicted octanol–water partition coefficient (Wildman–Crippen LogP) is 3.88. The first-order valence-corrected chi connectivity index (χ1v) is 11.0. The molecule has 1 aliphatic rings. The summed E-state index contributed by atoms with van der Waals surface area (Å²) in [7, 11) is 0. The second-order valence-corrected chi connectivity index (χ2v) is 8.17. The molecule has 1 fully saturated rings. The van der Waals surface area contributed by atoms with Crippen LogP contribution in [0.4, 0.5) is 5.69 Å². The number of amides is 3. The van der Waals surface area contributed by atoms with Crippen molar-refractivity contribution in [1.29, 1.82) is 0 Å². The maximum Gasteiger partial charge on any atom is 0.308 e. The van der Waals surface area contributed by atoms with Gasteiger partial charge in [-0.25, -0.2) is 4.90 Å². The molecule has 3 aromatic rings. The normalized spacial score (nSPS) is 15.5. The van der Waals surface area contributed by atoms with E-state index in [0.717, 1.165) is 10.5 Å². The number of hydrogen-bond acceptors (Lipinski definition) is 6. The molecular formula is C25H21ClN2O6. The van der Waals surface area contributed by atoms with E-state index >= 15 is 0 Å². The van der Waals surface area contributed by atoms with Gasteiger partial charge >= 0.3 is 5.97 Å². The summed E-state index contributed by atoms with van der Waals surface area (Å²) in [6, 6.07) is 15.4. The highest BCUT2D eigenvalue weighted by atomic mass is 35.5. The molecule has 0 radical (unpaired) electrons. The molecule has 8 nitrogen and oxygen atoms in total. The molecule has 34 heavy (non-hydrogen) atoms. The number of carbonyl (C=O) groups excluding carboxylic acids is 4. The summed E-state index contributed by atoms with van der Waals surface area (Å²) >= 11 is 6.07. The Hall–Kier alpha value is -3.91. The van der Waals surface area contributed by atoms with Crippen molar-refractivity contribution >= 4 is 41.0 Å². The number of ether oxygens (including phenoxy) is 1. The van der Waals surface area contributed by atoms with Crippen LogP contribution in [-0.4, -0.2) is 41.2 Å². The summed E-state index contributed by atoms with van der Waals surface area (Å²) in [5.41, 5.74) is 1.22. The smallest absolute Gasteiger partial charge is 0.308 e. The monoisotopic (exact) mass is 480 g/mol. The SMILES string of the molecule is CC(=O)Oc1ccc(N2C(=O)CC(N(CCc3cccc(Cl)c3)C(=O)c3ccco3)C2=O)cc1. The maximum atomic E-state index is 13.3. The zero-order chi connectivity index (χ0) is 24.2. The van der Waals surface area contributed by atoms with Gasteiger partial charge in [0.2, 0.25) is 5.91 Å². The molecule has 0 bridgehead atoms. The van der Waals surface area contributed by atoms with Gasteiger partial charge in [0.15, 0.2) is 5.76 Å². The van der Waals surface area contributed by atoms with Crippen LogP contribution in [0.5, 0.6) is 5.75 Å². The molecule has 0 aliphatic carbocycles. The summed E-state index contributed by atoms with van der Waals surface area (Å²) in [6.07, 6.45) is 1.65. The standard InChI is InChI=1S/C25H21ClN2O6/c1-16(29)34-20-9-7-19(8-10-20)28-23(30)15-21(24(28)31)27(25(32)22-6-3-13-33-22)12-11-17-4-2-5-18(26)14-17/h2-10,13-14,21H,11-12,15H2,1H3. The minimum absolute atomic E-state index is 0.0792. The van der Waals surface area contributed by atoms with Crippen LogP contribution in [0.15, 0.2) is 71.3 Å². The van der Waals surface area contributed by atoms with E-state index in [9.17, 15) is 19.2 Å². The Kier molecular flexibility index (Phi) is 6.79. The largest absolute Gasteiger partial charge is 0.459 e. The second-order valence-electron chi connectivity index (χ2n) is 7.73. The Labute approximate surface area is 200 Å². The molecular weight excluding hydrogens is 460 g/mol. The van der Waals surface area contributed by atoms with Gasteiger partial charge in [-0.1, -0.05) is 23.7 Å². The van der Waals surface area contributed by atoms with Gasteiger partial charge in [-0.05, 0) is 60.5 Å². The van der Waals surface area contributed by atoms with E-state index in [2.05, 4.69) is 0 Å². The average molecular weight is 481 g/mol. The number of rotatable bonds is 7. The number of hydrogen-bond donors (Lipinski definition) is 0. The number of halogens is 1. The van der Waals surface area contributed by atoms with Crippen molar-refractivity contribution in [2.24, 2.45) is 0 Å². The highest BCUT2D eigenvalue weighted by Crippen LogP contribution is 2.28. The van der Waals surface area contributed by atoms with Crippen molar-refractivity contribution in [3.05, 3.63) is 83.3 Å². The van der Waals surface area contributed by atoms with Gasteiger partial charge in [0.1, 0.15) is 11.8 Å². The second kappa shape index (κ2) is 9.93. The van der Waals surface area contributed by atoms with Crippen LogP contribution in [0.1, 0.15) is 29.5 Å². The number of benzene rings is 2. The van der Waals surface area contributed by atoms with Crippen LogP contribution in [0, 0.1) is 0 Å². The molecule has 9 heteroatoms. The summed E-state index contributed by atoms with van der Waals surface area (Å²) in [5, 5.41) is 0.567. The number of nitrogens with zero attached hydrogens (tertiary/aromatic N) is 2. The Bertz CT molecular complexity index is 1220. The molecule has 2 aromatic carbocycles. The Morgan fingerprint density at radius 1 is 1.12 bits per heavy atom. The number of imide groups is 1. The fraction of sp³-hybridized carbons (Fsp3) is 0.200. The van der Waals surface area contributed by atoms with Crippen molar-refractivity contribution in [2.75, 3.05) is 11.4 Å². The van der Waals surface area contributed by atoms with Crippen LogP contribution in [0.25, 0.3) is 0 Å². The summed E-state index contributed by atoms with van der Waals surface area (Å²) in [4.78, 5) is 52.9. The summed E-state index contributed by atoms with van der Waals surface area (Å²) in [5.74, 6) is -1.54. The molecule has 4 rings (SSSR count). The number of furan rings is 1. The zero-order valence-corrected chi connectivity index (χ0v) is 19.0. The van der Waals surface area contributed by atoms with Crippen LogP contribution < -0.4 is 9.64 Å². The molecule has 0 spiro atoms. The first-order chi connectivity index (χ1) is 16.3. The number of esters is 1. The topological polar surface area (TPSA) is 97.1 Å². The summed E-state index contributed by atoms with van der Waals surface area (Å²) in [6.45, 7) is 1.46. The Morgan fingerprint density at radius 2 is 1.88 bits per heavy atom. The first-order valence-electron chi connectivity index (χ1n) is 10.6. The van der Waals surface area contributed by atoms with E-state index in [1.807, 2.05) is 12.1 Å². The third-order valence-corrected chi connectivity index (χ3v) is 5.61. The van der Waals surface area contributed by atoms with E-state index in [4.69, 9.17) is 20.8 Å². The molecule has 3 amide bonds. The van der Waals surface area contributed by atoms with Crippen LogP contribution in [0.2, 0.25) is 5.02 Å². The summed E-state index contributed by atoms with van der Waals surface area (Å²) < 4.78 is 10.3. The van der Waals surface area contributed by atoms with Crippen molar-refractivity contribution in [2.45, 2.75) is 25.8 Å². The van der Waals surface area contributed by atoms with Gasteiger partial charge in [-0.15, -0.1) is 0 Å². The van der Waals surface area contributed by atoms with Crippen molar-refractivity contribution in [1.82, 2.24) is 4.90 Å². The average Bonchev–Trinajstić information content (AvgIpc) is 3.43. The van der Waals surface area contributed by atoms with Crippen molar-refractivity contribution < 1.29 is 28.3 Å². The Balaban J connectivity index is 1.58. The minimum Gasteiger partial charge on any atom is -0.459 e. The fourth-order valence-electron chi connectivity index (χ4n) is 3.84. The highest BCUT2D eigenvalue weighted by Gasteiger charge is 2.44. The molecule has 0 saturated carbocycles. The highest BCUT2D eigenvalue weighted by molar-refractivity contribution is 6.30. The fourth-order valence-corrected chi connectivity index (χ4v) is 4.06. The van der Waals surface area contributed by atoms with Crippen LogP contribution in [-0.2, 0) is 20.8 Å². The molecule has 2 heterocycles. The van der Waals surface area contributed by atoms with Gasteiger partial charge in [-0.2, -0.15) is 0 Å². The lowest BCUT2D eigenvalue weighted by Gasteiger charge is -2.27. The number of anilines is 1. The van der Waals surface area contributed by atoms with Gasteiger partial charge in [-0.3, -0.25) is 19.2 Å². The molecule has 1 aromatic heterocycles. The maximum absolute atomic E-state index is 13.3. The quantitative estimate of drug-likeness (QED) is 0.289. The molecule has 1 atom stereocenters. The van der Waals surface area contributed by atoms with E-state index in [-0.39, 0.29) is 18.7 Å². The van der Waals surface area contributed by atoms with Gasteiger partial charge in [0.25, 0.3) is 11.8 Å². The van der Waals surface area contributed by atoms with Crippen molar-refractivity contribution in [3.63, 3.8) is 0 Å².